The van der Waals surface area contributed by atoms with Gasteiger partial charge in [0.15, 0.2) is 0 Å². The fraction of sp³-hybridized carbons (Fsp3) is 0.750. The summed E-state index contributed by atoms with van der Waals surface area (Å²) in [5.74, 6) is 1.27. The van der Waals surface area contributed by atoms with Gasteiger partial charge in [0.25, 0.3) is 5.91 Å². The quantitative estimate of drug-likeness (QED) is 0.658. The molecule has 0 aromatic carbocycles. The molecule has 2 fully saturated rings. The average Bonchev–Trinajstić information content (AvgIpc) is 2.87. The molecule has 0 aliphatic heterocycles. The van der Waals surface area contributed by atoms with Crippen LogP contribution in [0.15, 0.2) is 6.20 Å². The third-order valence-electron chi connectivity index (χ3n) is 5.93. The smallest absolute Gasteiger partial charge is 0.254 e. The van der Waals surface area contributed by atoms with Gasteiger partial charge in [0.1, 0.15) is 11.6 Å². The van der Waals surface area contributed by atoms with E-state index >= 15 is 0 Å². The Balaban J connectivity index is 1.70. The average molecular weight is 377 g/mol. The van der Waals surface area contributed by atoms with E-state index in [2.05, 4.69) is 15.3 Å². The van der Waals surface area contributed by atoms with Gasteiger partial charge in [0, 0.05) is 25.8 Å². The standard InChI is InChI=1S/C20H32N4O3/c1-27-16-7-2-4-13(8-9-16)10-18-22-12-17(19(21)26)20(24-18)23-14-5-3-6-15(25)11-14/h12-16,25H,2-11H2,1H3,(H2,21,26)(H,22,23,24)/t13-,14-,15+,16+/m1/s1. The first kappa shape index (κ1) is 20.0. The molecule has 0 radical (unpaired) electrons. The Morgan fingerprint density at radius 3 is 2.81 bits per heavy atom. The molecular weight excluding hydrogens is 344 g/mol. The maximum Gasteiger partial charge on any atom is 0.254 e. The molecule has 4 atom stereocenters. The first-order chi connectivity index (χ1) is 13.0. The Morgan fingerprint density at radius 2 is 2.07 bits per heavy atom. The van der Waals surface area contributed by atoms with Crippen LogP contribution in [0.4, 0.5) is 5.82 Å². The van der Waals surface area contributed by atoms with E-state index in [0.717, 1.165) is 63.6 Å². The Kier molecular flexibility index (Phi) is 7.01. The number of rotatable bonds is 6. The first-order valence-electron chi connectivity index (χ1n) is 10.2. The van der Waals surface area contributed by atoms with Gasteiger partial charge >= 0.3 is 0 Å². The van der Waals surface area contributed by atoms with E-state index in [1.807, 2.05) is 0 Å². The molecule has 27 heavy (non-hydrogen) atoms. The van der Waals surface area contributed by atoms with Gasteiger partial charge < -0.3 is 20.9 Å². The number of ether oxygens (including phenoxy) is 1. The zero-order valence-electron chi connectivity index (χ0n) is 16.2. The summed E-state index contributed by atoms with van der Waals surface area (Å²) < 4.78 is 5.51. The topological polar surface area (TPSA) is 110 Å². The van der Waals surface area contributed by atoms with E-state index in [1.54, 1.807) is 13.3 Å². The van der Waals surface area contributed by atoms with Crippen molar-refractivity contribution in [1.82, 2.24) is 9.97 Å². The number of hydrogen-bond acceptors (Lipinski definition) is 6. The van der Waals surface area contributed by atoms with Gasteiger partial charge in [-0.3, -0.25) is 4.79 Å². The zero-order valence-corrected chi connectivity index (χ0v) is 16.2. The second-order valence-corrected chi connectivity index (χ2v) is 8.01. The Bertz CT molecular complexity index is 640. The van der Waals surface area contributed by atoms with Crippen molar-refractivity contribution < 1.29 is 14.6 Å². The molecule has 0 unspecified atom stereocenters. The molecule has 3 rings (SSSR count). The Morgan fingerprint density at radius 1 is 1.26 bits per heavy atom. The number of aromatic nitrogens is 2. The zero-order chi connectivity index (χ0) is 19.2. The molecule has 0 bridgehead atoms. The molecule has 0 saturated heterocycles. The molecule has 0 spiro atoms. The van der Waals surface area contributed by atoms with Crippen molar-refractivity contribution in [2.45, 2.75) is 82.5 Å². The SMILES string of the molecule is CO[C@H]1CCC[C@@H](Cc2ncc(C(N)=O)c(N[C@@H]3CCC[C@H](O)C3)n2)CC1. The third kappa shape index (κ3) is 5.62. The lowest BCUT2D eigenvalue weighted by Crippen LogP contribution is -2.31. The molecule has 1 heterocycles. The number of anilines is 1. The number of aliphatic hydroxyl groups is 1. The molecule has 150 valence electrons. The Labute approximate surface area is 161 Å². The number of methoxy groups -OCH3 is 1. The minimum absolute atomic E-state index is 0.106. The van der Waals surface area contributed by atoms with Crippen molar-refractivity contribution in [1.29, 1.82) is 0 Å². The molecule has 1 aromatic heterocycles. The van der Waals surface area contributed by atoms with Crippen molar-refractivity contribution in [3.8, 4) is 0 Å². The van der Waals surface area contributed by atoms with Crippen molar-refractivity contribution >= 4 is 11.7 Å². The number of nitrogens with one attached hydrogen (secondary N) is 1. The summed E-state index contributed by atoms with van der Waals surface area (Å²) in [6, 6.07) is 0.106. The summed E-state index contributed by atoms with van der Waals surface area (Å²) in [5.41, 5.74) is 5.83. The number of nitrogens with two attached hydrogens (primary N) is 1. The highest BCUT2D eigenvalue weighted by atomic mass is 16.5. The third-order valence-corrected chi connectivity index (χ3v) is 5.93. The van der Waals surface area contributed by atoms with Crippen LogP contribution >= 0.6 is 0 Å². The van der Waals surface area contributed by atoms with Gasteiger partial charge in [-0.2, -0.15) is 0 Å². The molecule has 1 amide bonds. The lowest BCUT2D eigenvalue weighted by atomic mass is 9.93. The van der Waals surface area contributed by atoms with E-state index in [0.29, 0.717) is 29.8 Å². The van der Waals surface area contributed by atoms with Gasteiger partial charge in [-0.1, -0.05) is 6.42 Å². The van der Waals surface area contributed by atoms with E-state index in [-0.39, 0.29) is 12.1 Å². The molecule has 7 heteroatoms. The predicted molar refractivity (Wildman–Crippen MR) is 104 cm³/mol. The van der Waals surface area contributed by atoms with Crippen LogP contribution < -0.4 is 11.1 Å². The summed E-state index contributed by atoms with van der Waals surface area (Å²) in [5, 5.41) is 13.2. The van der Waals surface area contributed by atoms with Crippen LogP contribution in [-0.4, -0.2) is 46.3 Å². The van der Waals surface area contributed by atoms with E-state index < -0.39 is 5.91 Å². The Hall–Kier alpha value is -1.73. The first-order valence-corrected chi connectivity index (χ1v) is 10.2. The molecule has 1 aromatic rings. The van der Waals surface area contributed by atoms with E-state index in [4.69, 9.17) is 10.5 Å². The fourth-order valence-electron chi connectivity index (χ4n) is 4.34. The van der Waals surface area contributed by atoms with Gasteiger partial charge in [0.2, 0.25) is 0 Å². The van der Waals surface area contributed by atoms with Crippen LogP contribution in [0.2, 0.25) is 0 Å². The van der Waals surface area contributed by atoms with Crippen LogP contribution in [0.3, 0.4) is 0 Å². The number of nitrogens with zero attached hydrogens (tertiary/aromatic N) is 2. The largest absolute Gasteiger partial charge is 0.393 e. The molecular formula is C20H32N4O3. The number of hydrogen-bond donors (Lipinski definition) is 3. The van der Waals surface area contributed by atoms with Crippen LogP contribution in [0.25, 0.3) is 0 Å². The van der Waals surface area contributed by atoms with Gasteiger partial charge in [-0.05, 0) is 57.3 Å². The fourth-order valence-corrected chi connectivity index (χ4v) is 4.34. The van der Waals surface area contributed by atoms with Crippen LogP contribution in [0.1, 0.15) is 74.0 Å². The summed E-state index contributed by atoms with van der Waals surface area (Å²) in [6.45, 7) is 0. The highest BCUT2D eigenvalue weighted by Gasteiger charge is 2.24. The molecule has 2 aliphatic rings. The monoisotopic (exact) mass is 376 g/mol. The van der Waals surface area contributed by atoms with Crippen molar-refractivity contribution in [2.75, 3.05) is 12.4 Å². The highest BCUT2D eigenvalue weighted by molar-refractivity contribution is 5.97. The lowest BCUT2D eigenvalue weighted by Gasteiger charge is -2.27. The molecule has 2 saturated carbocycles. The molecule has 2 aliphatic carbocycles. The molecule has 4 N–H and O–H groups in total. The summed E-state index contributed by atoms with van der Waals surface area (Å²) in [6.07, 6.45) is 11.4. The van der Waals surface area contributed by atoms with Crippen molar-refractivity contribution in [2.24, 2.45) is 11.7 Å². The minimum atomic E-state index is -0.530. The second kappa shape index (κ2) is 9.46. The van der Waals surface area contributed by atoms with Crippen molar-refractivity contribution in [3.63, 3.8) is 0 Å². The van der Waals surface area contributed by atoms with Gasteiger partial charge in [-0.15, -0.1) is 0 Å². The van der Waals surface area contributed by atoms with E-state index in [1.165, 1.54) is 0 Å². The normalized spacial score (nSPS) is 29.1. The highest BCUT2D eigenvalue weighted by Crippen LogP contribution is 2.28. The number of carbonyl (C=O) groups is 1. The van der Waals surface area contributed by atoms with Gasteiger partial charge in [-0.25, -0.2) is 9.97 Å². The summed E-state index contributed by atoms with van der Waals surface area (Å²) in [7, 11) is 1.79. The summed E-state index contributed by atoms with van der Waals surface area (Å²) in [4.78, 5) is 20.8. The number of carbonyl (C=O) groups excluding carboxylic acids is 1. The minimum Gasteiger partial charge on any atom is -0.393 e. The van der Waals surface area contributed by atoms with E-state index in [9.17, 15) is 9.90 Å². The number of amides is 1. The molecule has 7 nitrogen and oxygen atoms in total. The van der Waals surface area contributed by atoms with Crippen LogP contribution in [-0.2, 0) is 11.2 Å². The second-order valence-electron chi connectivity index (χ2n) is 8.01. The predicted octanol–water partition coefficient (Wildman–Crippen LogP) is 2.43. The van der Waals surface area contributed by atoms with Crippen LogP contribution in [0.5, 0.6) is 0 Å². The number of aliphatic hydroxyl groups excluding tert-OH is 1. The maximum absolute atomic E-state index is 11.8. The lowest BCUT2D eigenvalue weighted by molar-refractivity contribution is 0.0890. The summed E-state index contributed by atoms with van der Waals surface area (Å²) >= 11 is 0. The van der Waals surface area contributed by atoms with Crippen molar-refractivity contribution in [3.05, 3.63) is 17.6 Å². The maximum atomic E-state index is 11.8. The van der Waals surface area contributed by atoms with Gasteiger partial charge in [0.05, 0.1) is 17.8 Å². The van der Waals surface area contributed by atoms with Crippen LogP contribution in [0, 0.1) is 5.92 Å². The number of primary amides is 1.